The largest absolute Gasteiger partial charge is 0.417 e. The zero-order valence-electron chi connectivity index (χ0n) is 48.7. The summed E-state index contributed by atoms with van der Waals surface area (Å²) in [6.45, 7) is 16.6. The minimum atomic E-state index is -5.24. The second kappa shape index (κ2) is 20.7. The van der Waals surface area contributed by atoms with E-state index in [0.717, 1.165) is 139 Å². The van der Waals surface area contributed by atoms with E-state index in [4.69, 9.17) is 0 Å². The number of nitriles is 1. The molecule has 3 nitrogen and oxygen atoms in total. The Labute approximate surface area is 495 Å². The van der Waals surface area contributed by atoms with Crippen molar-refractivity contribution in [2.45, 2.75) is 67.7 Å². The molecule has 13 rings (SSSR count). The van der Waals surface area contributed by atoms with E-state index in [1.54, 1.807) is 18.2 Å². The van der Waals surface area contributed by atoms with Crippen molar-refractivity contribution in [1.82, 2.24) is 9.13 Å². The lowest BCUT2D eigenvalue weighted by Crippen LogP contribution is -2.13. The van der Waals surface area contributed by atoms with Crippen molar-refractivity contribution in [3.63, 3.8) is 0 Å². The predicted octanol–water partition coefficient (Wildman–Crippen LogP) is 22.3. The quantitative estimate of drug-likeness (QED) is 0.140. The second-order valence-electron chi connectivity index (χ2n) is 23.1. The molecular formula is C77H57F6N3. The highest BCUT2D eigenvalue weighted by molar-refractivity contribution is 6.15. The van der Waals surface area contributed by atoms with E-state index in [1.165, 1.54) is 6.07 Å². The highest BCUT2D eigenvalue weighted by Crippen LogP contribution is 2.51. The Kier molecular flexibility index (Phi) is 13.3. The molecule has 0 aliphatic rings. The van der Waals surface area contributed by atoms with Crippen molar-refractivity contribution >= 4 is 43.6 Å². The number of hydrogen-bond donors (Lipinski definition) is 0. The van der Waals surface area contributed by atoms with Gasteiger partial charge in [0.15, 0.2) is 0 Å². The molecule has 0 saturated carbocycles. The van der Waals surface area contributed by atoms with Gasteiger partial charge in [0.2, 0.25) is 0 Å². The number of halogens is 6. The number of hydrogen-bond acceptors (Lipinski definition) is 1. The van der Waals surface area contributed by atoms with Crippen LogP contribution in [0.25, 0.3) is 122 Å². The van der Waals surface area contributed by atoms with Gasteiger partial charge in [0, 0.05) is 32.7 Å². The molecule has 0 spiro atoms. The van der Waals surface area contributed by atoms with Gasteiger partial charge in [-0.3, -0.25) is 0 Å². The summed E-state index contributed by atoms with van der Waals surface area (Å²) in [7, 11) is 0. The van der Waals surface area contributed by atoms with Crippen LogP contribution in [0.5, 0.6) is 0 Å². The van der Waals surface area contributed by atoms with Crippen LogP contribution in [-0.2, 0) is 12.4 Å². The van der Waals surface area contributed by atoms with Crippen LogP contribution in [0.2, 0.25) is 0 Å². The smallest absolute Gasteiger partial charge is 0.309 e. The highest BCUT2D eigenvalue weighted by Gasteiger charge is 2.39. The zero-order valence-corrected chi connectivity index (χ0v) is 48.7. The SMILES string of the molecule is Cc1ccc(-c2ccc3c(c2)c2cc(-c4ccc(C)cc4C)ccc2n3-c2cccc(C#N)c2-c2c(-c3ccc(C(F)(F)F)cc3C(F)(F)F)cccc2-n2c3ccc(-c4ccc(C)cc4C)cc3c3cc(-c4ccc(C)cc4C)ccc32)c(C)c1. The van der Waals surface area contributed by atoms with Gasteiger partial charge in [0.25, 0.3) is 0 Å². The van der Waals surface area contributed by atoms with Gasteiger partial charge in [0.1, 0.15) is 0 Å². The van der Waals surface area contributed by atoms with Crippen LogP contribution in [0.3, 0.4) is 0 Å². The third-order valence-corrected chi connectivity index (χ3v) is 17.2. The van der Waals surface area contributed by atoms with Crippen molar-refractivity contribution in [2.24, 2.45) is 0 Å². The summed E-state index contributed by atoms with van der Waals surface area (Å²) in [5, 5.41) is 15.1. The summed E-state index contributed by atoms with van der Waals surface area (Å²) < 4.78 is 95.5. The number of fused-ring (bicyclic) bond motifs is 6. The number of aryl methyl sites for hydroxylation is 8. The molecule has 0 N–H and O–H groups in total. The maximum absolute atomic E-state index is 15.9. The average molecular weight is 1140 g/mol. The van der Waals surface area contributed by atoms with Crippen molar-refractivity contribution < 1.29 is 26.3 Å². The molecule has 2 heterocycles. The fourth-order valence-corrected chi connectivity index (χ4v) is 13.3. The van der Waals surface area contributed by atoms with Gasteiger partial charge in [-0.15, -0.1) is 0 Å². The molecule has 86 heavy (non-hydrogen) atoms. The van der Waals surface area contributed by atoms with Gasteiger partial charge in [-0.25, -0.2) is 0 Å². The van der Waals surface area contributed by atoms with Gasteiger partial charge in [-0.1, -0.05) is 144 Å². The summed E-state index contributed by atoms with van der Waals surface area (Å²) in [5.41, 5.74) is 18.1. The molecule has 0 saturated heterocycles. The molecule has 9 heteroatoms. The van der Waals surface area contributed by atoms with E-state index in [-0.39, 0.29) is 28.3 Å². The summed E-state index contributed by atoms with van der Waals surface area (Å²) in [4.78, 5) is 0. The molecule has 13 aromatic rings. The Balaban J connectivity index is 1.17. The zero-order chi connectivity index (χ0) is 60.2. The Hall–Kier alpha value is -9.91. The number of rotatable bonds is 8. The minimum Gasteiger partial charge on any atom is -0.309 e. The van der Waals surface area contributed by atoms with Crippen LogP contribution in [-0.4, -0.2) is 9.13 Å². The van der Waals surface area contributed by atoms with Gasteiger partial charge in [0.05, 0.1) is 56.2 Å². The fourth-order valence-electron chi connectivity index (χ4n) is 13.3. The second-order valence-corrected chi connectivity index (χ2v) is 23.1. The molecule has 0 radical (unpaired) electrons. The lowest BCUT2D eigenvalue weighted by Gasteiger charge is -2.24. The van der Waals surface area contributed by atoms with E-state index in [0.29, 0.717) is 17.4 Å². The molecule has 0 atom stereocenters. The normalized spacial score (nSPS) is 12.1. The fraction of sp³-hybridized carbons (Fsp3) is 0.130. The Bertz CT molecular complexity index is 4800. The average Bonchev–Trinajstić information content (AvgIpc) is 1.68. The molecular weight excluding hydrogens is 1080 g/mol. The first-order valence-corrected chi connectivity index (χ1v) is 28.6. The van der Waals surface area contributed by atoms with Crippen LogP contribution >= 0.6 is 0 Å². The molecule has 0 bridgehead atoms. The highest BCUT2D eigenvalue weighted by atomic mass is 19.4. The summed E-state index contributed by atoms with van der Waals surface area (Å²) in [6.07, 6.45) is -10.3. The van der Waals surface area contributed by atoms with E-state index >= 15 is 13.2 Å². The molecule has 0 aliphatic carbocycles. The number of aromatic nitrogens is 2. The molecule has 0 unspecified atom stereocenters. The summed E-state index contributed by atoms with van der Waals surface area (Å²) in [6, 6.07) is 65.1. The van der Waals surface area contributed by atoms with Crippen LogP contribution in [0.1, 0.15) is 61.2 Å². The van der Waals surface area contributed by atoms with E-state index < -0.39 is 29.0 Å². The maximum Gasteiger partial charge on any atom is 0.417 e. The number of nitrogens with zero attached hydrogens (tertiary/aromatic N) is 3. The van der Waals surface area contributed by atoms with E-state index in [1.807, 2.05) is 41.0 Å². The van der Waals surface area contributed by atoms with Crippen molar-refractivity contribution in [3.05, 3.63) is 261 Å². The van der Waals surface area contributed by atoms with Gasteiger partial charge in [-0.2, -0.15) is 31.6 Å². The lowest BCUT2D eigenvalue weighted by molar-refractivity contribution is -0.142. The predicted molar refractivity (Wildman–Crippen MR) is 340 cm³/mol. The third-order valence-electron chi connectivity index (χ3n) is 17.2. The van der Waals surface area contributed by atoms with Gasteiger partial charge in [-0.05, 0) is 212 Å². The Morgan fingerprint density at radius 1 is 0.326 bits per heavy atom. The Morgan fingerprint density at radius 2 is 0.674 bits per heavy atom. The van der Waals surface area contributed by atoms with Crippen molar-refractivity contribution in [2.75, 3.05) is 0 Å². The molecule has 2 aromatic heterocycles. The summed E-state index contributed by atoms with van der Waals surface area (Å²) in [5.74, 6) is 0. The topological polar surface area (TPSA) is 33.6 Å². The van der Waals surface area contributed by atoms with Gasteiger partial charge >= 0.3 is 12.4 Å². The van der Waals surface area contributed by atoms with Crippen molar-refractivity contribution in [3.8, 4) is 84.2 Å². The molecule has 11 aromatic carbocycles. The van der Waals surface area contributed by atoms with E-state index in [9.17, 15) is 18.4 Å². The van der Waals surface area contributed by atoms with E-state index in [2.05, 4.69) is 187 Å². The lowest BCUT2D eigenvalue weighted by atomic mass is 9.86. The first kappa shape index (κ1) is 55.3. The third kappa shape index (κ3) is 9.41. The first-order chi connectivity index (χ1) is 41.1. The molecule has 0 fully saturated rings. The molecule has 0 amide bonds. The minimum absolute atomic E-state index is 0.0173. The van der Waals surface area contributed by atoms with Gasteiger partial charge < -0.3 is 9.13 Å². The number of benzene rings is 11. The Morgan fingerprint density at radius 3 is 1.01 bits per heavy atom. The van der Waals surface area contributed by atoms with Crippen molar-refractivity contribution in [1.29, 1.82) is 5.26 Å². The van der Waals surface area contributed by atoms with Crippen LogP contribution in [0, 0.1) is 66.7 Å². The van der Waals surface area contributed by atoms with Crippen LogP contribution < -0.4 is 0 Å². The van der Waals surface area contributed by atoms with Crippen LogP contribution in [0.4, 0.5) is 26.3 Å². The number of alkyl halides is 6. The maximum atomic E-state index is 15.9. The standard InChI is InChI=1S/C77H57F6N3/c1-43-15-24-57(47(5)33-43)51-19-29-68-63(37-51)64-38-52(58-25-16-44(2)34-48(58)6)20-30-69(64)85(68)72-13-9-11-55(42-84)74(72)75-62(61-28-23-56(76(78,79)80)41-67(61)77(81,82)83)12-10-14-73(75)86-70-31-21-53(59-26-17-45(3)35-49(59)7)39-65(70)66-40-54(22-32-71(66)86)60-27-18-46(4)36-50(60)8/h9-41H,1-8H3. The molecule has 422 valence electrons. The first-order valence-electron chi connectivity index (χ1n) is 28.6. The summed E-state index contributed by atoms with van der Waals surface area (Å²) >= 11 is 0. The molecule has 0 aliphatic heterocycles. The monoisotopic (exact) mass is 1140 g/mol. The van der Waals surface area contributed by atoms with Crippen LogP contribution in [0.15, 0.2) is 200 Å².